The van der Waals surface area contributed by atoms with Crippen LogP contribution in [-0.4, -0.2) is 35.3 Å². The van der Waals surface area contributed by atoms with Gasteiger partial charge in [0.25, 0.3) is 0 Å². The predicted molar refractivity (Wildman–Crippen MR) is 63.2 cm³/mol. The van der Waals surface area contributed by atoms with E-state index in [-0.39, 0.29) is 0 Å². The van der Waals surface area contributed by atoms with Gasteiger partial charge >= 0.3 is 6.01 Å². The molecule has 0 aromatic carbocycles. The molecule has 0 radical (unpaired) electrons. The first-order valence-electron chi connectivity index (χ1n) is 5.12. The molecule has 5 nitrogen and oxygen atoms in total. The maximum absolute atomic E-state index is 5.36. The Bertz CT molecular complexity index is 266. The molecule has 1 aromatic rings. The van der Waals surface area contributed by atoms with E-state index >= 15 is 0 Å². The van der Waals surface area contributed by atoms with Gasteiger partial charge in [-0.05, 0) is 25.0 Å². The van der Waals surface area contributed by atoms with Crippen molar-refractivity contribution in [2.45, 2.75) is 19.9 Å². The summed E-state index contributed by atoms with van der Waals surface area (Å²) in [6.45, 7) is 4.45. The third-order valence-electron chi connectivity index (χ3n) is 1.79. The molecular formula is C9H18N4OS. The van der Waals surface area contributed by atoms with Crippen LogP contribution in [0.4, 0.5) is 6.01 Å². The average Bonchev–Trinajstić information content (AvgIpc) is 2.69. The molecule has 1 heterocycles. The molecule has 1 aromatic heterocycles. The molecule has 0 fully saturated rings. The Morgan fingerprint density at radius 1 is 1.40 bits per heavy atom. The smallest absolute Gasteiger partial charge is 0.315 e. The Morgan fingerprint density at radius 3 is 3.00 bits per heavy atom. The molecule has 1 rings (SSSR count). The molecule has 15 heavy (non-hydrogen) atoms. The molecule has 86 valence electrons. The second-order valence-electron chi connectivity index (χ2n) is 3.05. The number of nitrogens with one attached hydrogen (secondary N) is 2. The van der Waals surface area contributed by atoms with E-state index in [4.69, 9.17) is 4.42 Å². The van der Waals surface area contributed by atoms with Crippen LogP contribution in [-0.2, 0) is 6.54 Å². The minimum Gasteiger partial charge on any atom is -0.407 e. The number of nitrogens with zero attached hydrogens (tertiary/aromatic N) is 2. The average molecular weight is 230 g/mol. The molecule has 2 N–H and O–H groups in total. The Hall–Kier alpha value is -0.750. The highest BCUT2D eigenvalue weighted by molar-refractivity contribution is 7.98. The van der Waals surface area contributed by atoms with Crippen LogP contribution < -0.4 is 10.6 Å². The van der Waals surface area contributed by atoms with Crippen molar-refractivity contribution in [2.24, 2.45) is 0 Å². The van der Waals surface area contributed by atoms with Gasteiger partial charge in [0, 0.05) is 6.54 Å². The maximum atomic E-state index is 5.36. The summed E-state index contributed by atoms with van der Waals surface area (Å²) >= 11 is 1.84. The first-order chi connectivity index (χ1) is 7.36. The molecule has 0 unspecified atom stereocenters. The van der Waals surface area contributed by atoms with Crippen molar-refractivity contribution < 1.29 is 4.42 Å². The quantitative estimate of drug-likeness (QED) is 0.657. The van der Waals surface area contributed by atoms with Gasteiger partial charge in [0.15, 0.2) is 0 Å². The van der Waals surface area contributed by atoms with Gasteiger partial charge in [-0.1, -0.05) is 12.0 Å². The van der Waals surface area contributed by atoms with E-state index in [1.807, 2.05) is 18.7 Å². The van der Waals surface area contributed by atoms with Gasteiger partial charge in [-0.2, -0.15) is 11.8 Å². The fourth-order valence-corrected chi connectivity index (χ4v) is 1.47. The van der Waals surface area contributed by atoms with Crippen LogP contribution in [0.3, 0.4) is 0 Å². The molecular weight excluding hydrogens is 212 g/mol. The fraction of sp³-hybridized carbons (Fsp3) is 0.778. The molecule has 0 amide bonds. The van der Waals surface area contributed by atoms with Crippen LogP contribution in [0.5, 0.6) is 0 Å². The summed E-state index contributed by atoms with van der Waals surface area (Å²) in [7, 11) is 0. The van der Waals surface area contributed by atoms with Gasteiger partial charge in [-0.3, -0.25) is 0 Å². The standard InChI is InChI=1S/C9H18N4OS/c1-3-10-7-8-12-13-9(14-8)11-5-4-6-15-2/h10H,3-7H2,1-2H3,(H,11,13). The van der Waals surface area contributed by atoms with E-state index in [0.29, 0.717) is 18.5 Å². The van der Waals surface area contributed by atoms with Crippen LogP contribution in [0, 0.1) is 0 Å². The molecule has 6 heteroatoms. The van der Waals surface area contributed by atoms with Gasteiger partial charge in [-0.25, -0.2) is 0 Å². The summed E-state index contributed by atoms with van der Waals surface area (Å²) in [5.41, 5.74) is 0. The molecule has 0 atom stereocenters. The Balaban J connectivity index is 2.20. The van der Waals surface area contributed by atoms with Crippen molar-refractivity contribution in [1.82, 2.24) is 15.5 Å². The highest BCUT2D eigenvalue weighted by Crippen LogP contribution is 2.05. The third-order valence-corrected chi connectivity index (χ3v) is 2.49. The van der Waals surface area contributed by atoms with Crippen molar-refractivity contribution in [3.05, 3.63) is 5.89 Å². The number of anilines is 1. The van der Waals surface area contributed by atoms with Crippen molar-refractivity contribution in [2.75, 3.05) is 30.4 Å². The normalized spacial score (nSPS) is 10.5. The number of hydrogen-bond acceptors (Lipinski definition) is 6. The lowest BCUT2D eigenvalue weighted by atomic mass is 10.5. The molecule has 0 aliphatic carbocycles. The van der Waals surface area contributed by atoms with Gasteiger partial charge < -0.3 is 15.1 Å². The second kappa shape index (κ2) is 7.53. The van der Waals surface area contributed by atoms with E-state index in [0.717, 1.165) is 25.3 Å². The monoisotopic (exact) mass is 230 g/mol. The SMILES string of the molecule is CCNCc1nnc(NCCCSC)o1. The Kier molecular flexibility index (Phi) is 6.18. The number of hydrogen-bond donors (Lipinski definition) is 2. The third kappa shape index (κ3) is 5.03. The lowest BCUT2D eigenvalue weighted by Crippen LogP contribution is -2.11. The fourth-order valence-electron chi connectivity index (χ4n) is 1.04. The van der Waals surface area contributed by atoms with Crippen molar-refractivity contribution in [1.29, 1.82) is 0 Å². The van der Waals surface area contributed by atoms with Crippen LogP contribution in [0.1, 0.15) is 19.2 Å². The van der Waals surface area contributed by atoms with Gasteiger partial charge in [-0.15, -0.1) is 5.10 Å². The molecule has 0 aliphatic rings. The van der Waals surface area contributed by atoms with Gasteiger partial charge in [0.2, 0.25) is 5.89 Å². The molecule has 0 aliphatic heterocycles. The lowest BCUT2D eigenvalue weighted by molar-refractivity contribution is 0.481. The molecule has 0 spiro atoms. The van der Waals surface area contributed by atoms with Crippen LogP contribution in [0.25, 0.3) is 0 Å². The summed E-state index contributed by atoms with van der Waals surface area (Å²) < 4.78 is 5.36. The van der Waals surface area contributed by atoms with Crippen LogP contribution >= 0.6 is 11.8 Å². The van der Waals surface area contributed by atoms with E-state index < -0.39 is 0 Å². The molecule has 0 bridgehead atoms. The van der Waals surface area contributed by atoms with Crippen molar-refractivity contribution in [3.63, 3.8) is 0 Å². The highest BCUT2D eigenvalue weighted by Gasteiger charge is 2.03. The number of rotatable bonds is 8. The molecule has 0 saturated heterocycles. The van der Waals surface area contributed by atoms with Gasteiger partial charge in [0.1, 0.15) is 0 Å². The number of thioether (sulfide) groups is 1. The number of aromatic nitrogens is 2. The van der Waals surface area contributed by atoms with E-state index in [1.54, 1.807) is 0 Å². The minimum atomic E-state index is 0.518. The lowest BCUT2D eigenvalue weighted by Gasteiger charge is -1.99. The first kappa shape index (κ1) is 12.3. The largest absolute Gasteiger partial charge is 0.407 e. The summed E-state index contributed by atoms with van der Waals surface area (Å²) in [5.74, 6) is 1.77. The van der Waals surface area contributed by atoms with Gasteiger partial charge in [0.05, 0.1) is 6.54 Å². The summed E-state index contributed by atoms with van der Waals surface area (Å²) in [4.78, 5) is 0. The first-order valence-corrected chi connectivity index (χ1v) is 6.52. The summed E-state index contributed by atoms with van der Waals surface area (Å²) in [6.07, 6.45) is 3.20. The van der Waals surface area contributed by atoms with E-state index in [2.05, 4.69) is 27.1 Å². The Morgan fingerprint density at radius 2 is 2.27 bits per heavy atom. The predicted octanol–water partition coefficient (Wildman–Crippen LogP) is 1.34. The van der Waals surface area contributed by atoms with Crippen LogP contribution in [0.2, 0.25) is 0 Å². The minimum absolute atomic E-state index is 0.518. The summed E-state index contributed by atoms with van der Waals surface area (Å²) in [5, 5.41) is 14.0. The summed E-state index contributed by atoms with van der Waals surface area (Å²) in [6, 6.07) is 0.518. The zero-order valence-electron chi connectivity index (χ0n) is 9.25. The highest BCUT2D eigenvalue weighted by atomic mass is 32.2. The second-order valence-corrected chi connectivity index (χ2v) is 4.04. The zero-order chi connectivity index (χ0) is 10.9. The zero-order valence-corrected chi connectivity index (χ0v) is 10.1. The molecule has 0 saturated carbocycles. The van der Waals surface area contributed by atoms with Crippen molar-refractivity contribution >= 4 is 17.8 Å². The van der Waals surface area contributed by atoms with Crippen LogP contribution in [0.15, 0.2) is 4.42 Å². The van der Waals surface area contributed by atoms with E-state index in [9.17, 15) is 0 Å². The maximum Gasteiger partial charge on any atom is 0.315 e. The Labute approximate surface area is 94.4 Å². The van der Waals surface area contributed by atoms with E-state index in [1.165, 1.54) is 0 Å². The topological polar surface area (TPSA) is 63.0 Å². The van der Waals surface area contributed by atoms with Crippen molar-refractivity contribution in [3.8, 4) is 0 Å².